The van der Waals surface area contributed by atoms with Crippen LogP contribution >= 0.6 is 0 Å². The first-order valence-electron chi connectivity index (χ1n) is 31.2. The normalized spacial score (nSPS) is 12.7. The number of unbranched alkanes of at least 4 members (excludes halogenated alkanes) is 29. The van der Waals surface area contributed by atoms with Gasteiger partial charge in [0, 0.05) is 19.3 Å². The molecule has 0 bridgehead atoms. The van der Waals surface area contributed by atoms with Crippen LogP contribution in [0, 0.1) is 0 Å². The molecule has 6 heteroatoms. The Labute approximate surface area is 457 Å². The minimum atomic E-state index is -0.776. The van der Waals surface area contributed by atoms with E-state index in [1.54, 1.807) is 0 Å². The van der Waals surface area contributed by atoms with Crippen LogP contribution < -0.4 is 0 Å². The average molecular weight is 1030 g/mol. The molecule has 74 heavy (non-hydrogen) atoms. The van der Waals surface area contributed by atoms with E-state index in [2.05, 4.69) is 118 Å². The van der Waals surface area contributed by atoms with Crippen molar-refractivity contribution >= 4 is 17.9 Å². The fraction of sp³-hybridized carbons (Fsp3) is 0.721. The molecule has 0 amide bonds. The molecule has 1 unspecified atom stereocenters. The summed E-state index contributed by atoms with van der Waals surface area (Å²) in [5.74, 6) is -0.877. The highest BCUT2D eigenvalue weighted by Crippen LogP contribution is 2.16. The van der Waals surface area contributed by atoms with Crippen molar-refractivity contribution in [2.75, 3.05) is 13.2 Å². The van der Waals surface area contributed by atoms with Crippen molar-refractivity contribution in [3.63, 3.8) is 0 Å². The quantitative estimate of drug-likeness (QED) is 0.0261. The van der Waals surface area contributed by atoms with E-state index in [1.807, 2.05) is 0 Å². The molecule has 0 heterocycles. The van der Waals surface area contributed by atoms with Gasteiger partial charge >= 0.3 is 17.9 Å². The molecule has 0 aromatic rings. The Morgan fingerprint density at radius 2 is 0.527 bits per heavy atom. The van der Waals surface area contributed by atoms with Crippen LogP contribution in [0.2, 0.25) is 0 Å². The molecule has 0 saturated heterocycles. The van der Waals surface area contributed by atoms with Gasteiger partial charge in [0.05, 0.1) is 0 Å². The van der Waals surface area contributed by atoms with Crippen molar-refractivity contribution < 1.29 is 28.6 Å². The van der Waals surface area contributed by atoms with E-state index in [9.17, 15) is 14.4 Å². The SMILES string of the molecule is CC/C=C\C/C=C\C/C=C\C/C=C\C/C=C\C/C=C\C/C=C\C/C=C\CCCCCCCCCCC(=O)OCC(COC(=O)CCCCCCCCCCCC)OC(=O)CCCCCCCCCCCCCCC. The largest absolute Gasteiger partial charge is 0.462 e. The first-order valence-corrected chi connectivity index (χ1v) is 31.2. The molecule has 0 spiro atoms. The standard InChI is InChI=1S/C68H116O6/c1-4-7-10-13-16-19-22-24-25-26-27-28-29-30-31-32-33-34-35-36-37-38-39-40-41-42-43-45-46-49-52-55-58-61-67(70)73-64-65(63-72-66(69)60-57-54-51-48-21-18-15-12-9-6-3)74-68(71)62-59-56-53-50-47-44-23-20-17-14-11-8-5-2/h7,10,16,19,24-25,27-28,30-31,33-34,36-37,39-40,65H,4-6,8-9,11-15,17-18,20-23,26,29,32,35,38,41-64H2,1-3H3/b10-7-,19-16-,25-24-,28-27-,31-30-,34-33-,37-36-,40-39-. The van der Waals surface area contributed by atoms with Gasteiger partial charge in [-0.05, 0) is 83.5 Å². The molecule has 0 aromatic heterocycles. The van der Waals surface area contributed by atoms with Crippen molar-refractivity contribution in [3.05, 3.63) is 97.2 Å². The number of rotatable bonds is 56. The summed E-state index contributed by atoms with van der Waals surface area (Å²) < 4.78 is 16.8. The molecule has 0 aromatic carbocycles. The summed E-state index contributed by atoms with van der Waals surface area (Å²) in [7, 11) is 0. The van der Waals surface area contributed by atoms with E-state index in [4.69, 9.17) is 14.2 Å². The van der Waals surface area contributed by atoms with Gasteiger partial charge in [0.2, 0.25) is 0 Å². The third-order valence-corrected chi connectivity index (χ3v) is 13.4. The Kier molecular flexibility index (Phi) is 58.8. The molecule has 0 fully saturated rings. The van der Waals surface area contributed by atoms with E-state index in [0.29, 0.717) is 19.3 Å². The minimum Gasteiger partial charge on any atom is -0.462 e. The summed E-state index contributed by atoms with van der Waals surface area (Å²) in [6.45, 7) is 6.52. The number of ether oxygens (including phenoxy) is 3. The molecule has 0 aliphatic carbocycles. The second-order valence-electron chi connectivity index (χ2n) is 20.6. The zero-order valence-corrected chi connectivity index (χ0v) is 48.6. The summed E-state index contributed by atoms with van der Waals surface area (Å²) in [5.41, 5.74) is 0. The topological polar surface area (TPSA) is 78.9 Å². The van der Waals surface area contributed by atoms with Crippen molar-refractivity contribution in [2.45, 2.75) is 303 Å². The van der Waals surface area contributed by atoms with Crippen molar-refractivity contribution in [1.29, 1.82) is 0 Å². The lowest BCUT2D eigenvalue weighted by atomic mass is 10.0. The van der Waals surface area contributed by atoms with Crippen LogP contribution in [0.15, 0.2) is 97.2 Å². The molecule has 424 valence electrons. The third kappa shape index (κ3) is 59.2. The number of carbonyl (C=O) groups excluding carboxylic acids is 3. The molecular weight excluding hydrogens is 913 g/mol. The Balaban J connectivity index is 4.17. The van der Waals surface area contributed by atoms with Gasteiger partial charge in [-0.2, -0.15) is 0 Å². The predicted molar refractivity (Wildman–Crippen MR) is 320 cm³/mol. The van der Waals surface area contributed by atoms with Crippen LogP contribution in [0.5, 0.6) is 0 Å². The summed E-state index contributed by atoms with van der Waals surface area (Å²) in [5, 5.41) is 0. The number of carbonyl (C=O) groups is 3. The van der Waals surface area contributed by atoms with Crippen LogP contribution in [-0.4, -0.2) is 37.2 Å². The lowest BCUT2D eigenvalue weighted by Gasteiger charge is -2.18. The fourth-order valence-electron chi connectivity index (χ4n) is 8.69. The number of esters is 3. The maximum Gasteiger partial charge on any atom is 0.306 e. The molecule has 0 rings (SSSR count). The van der Waals surface area contributed by atoms with Gasteiger partial charge in [-0.15, -0.1) is 0 Å². The molecule has 6 nitrogen and oxygen atoms in total. The second kappa shape index (κ2) is 61.9. The van der Waals surface area contributed by atoms with E-state index < -0.39 is 6.10 Å². The summed E-state index contributed by atoms with van der Waals surface area (Å²) in [6.07, 6.45) is 82.7. The van der Waals surface area contributed by atoms with Crippen molar-refractivity contribution in [2.24, 2.45) is 0 Å². The van der Waals surface area contributed by atoms with Gasteiger partial charge in [-0.1, -0.05) is 291 Å². The van der Waals surface area contributed by atoms with Crippen LogP contribution in [-0.2, 0) is 28.6 Å². The highest BCUT2D eigenvalue weighted by molar-refractivity contribution is 5.71. The zero-order chi connectivity index (χ0) is 53.6. The molecule has 0 saturated carbocycles. The number of allylic oxidation sites excluding steroid dienone is 16. The monoisotopic (exact) mass is 1030 g/mol. The Morgan fingerprint density at radius 3 is 0.824 bits per heavy atom. The van der Waals surface area contributed by atoms with Crippen LogP contribution in [0.4, 0.5) is 0 Å². The highest BCUT2D eigenvalue weighted by Gasteiger charge is 2.19. The van der Waals surface area contributed by atoms with E-state index >= 15 is 0 Å². The van der Waals surface area contributed by atoms with Gasteiger partial charge in [0.15, 0.2) is 6.10 Å². The molecule has 0 radical (unpaired) electrons. The third-order valence-electron chi connectivity index (χ3n) is 13.4. The van der Waals surface area contributed by atoms with Crippen molar-refractivity contribution in [1.82, 2.24) is 0 Å². The molecule has 1 atom stereocenters. The van der Waals surface area contributed by atoms with Gasteiger partial charge in [-0.3, -0.25) is 14.4 Å². The summed E-state index contributed by atoms with van der Waals surface area (Å²) >= 11 is 0. The number of hydrogen-bond acceptors (Lipinski definition) is 6. The molecule has 0 aliphatic rings. The lowest BCUT2D eigenvalue weighted by Crippen LogP contribution is -2.30. The minimum absolute atomic E-state index is 0.0752. The van der Waals surface area contributed by atoms with Crippen LogP contribution in [0.3, 0.4) is 0 Å². The van der Waals surface area contributed by atoms with E-state index in [1.165, 1.54) is 141 Å². The lowest BCUT2D eigenvalue weighted by molar-refractivity contribution is -0.167. The Hall–Kier alpha value is -3.67. The van der Waals surface area contributed by atoms with E-state index in [-0.39, 0.29) is 31.1 Å². The molecule has 0 aliphatic heterocycles. The Bertz CT molecular complexity index is 1460. The van der Waals surface area contributed by atoms with Gasteiger partial charge in [-0.25, -0.2) is 0 Å². The Morgan fingerprint density at radius 1 is 0.284 bits per heavy atom. The number of hydrogen-bond donors (Lipinski definition) is 0. The maximum absolute atomic E-state index is 12.8. The molecular formula is C68H116O6. The summed E-state index contributed by atoms with van der Waals surface area (Å²) in [4.78, 5) is 38.1. The summed E-state index contributed by atoms with van der Waals surface area (Å²) in [6, 6.07) is 0. The zero-order valence-electron chi connectivity index (χ0n) is 48.6. The predicted octanol–water partition coefficient (Wildman–Crippen LogP) is 21.3. The van der Waals surface area contributed by atoms with Gasteiger partial charge < -0.3 is 14.2 Å². The van der Waals surface area contributed by atoms with E-state index in [0.717, 1.165) is 116 Å². The van der Waals surface area contributed by atoms with Crippen LogP contribution in [0.25, 0.3) is 0 Å². The second-order valence-corrected chi connectivity index (χ2v) is 20.6. The molecule has 0 N–H and O–H groups in total. The first-order chi connectivity index (χ1) is 36.5. The maximum atomic E-state index is 12.8. The average Bonchev–Trinajstić information content (AvgIpc) is 3.40. The van der Waals surface area contributed by atoms with Gasteiger partial charge in [0.1, 0.15) is 13.2 Å². The van der Waals surface area contributed by atoms with Crippen molar-refractivity contribution in [3.8, 4) is 0 Å². The van der Waals surface area contributed by atoms with Crippen LogP contribution in [0.1, 0.15) is 297 Å². The highest BCUT2D eigenvalue weighted by atomic mass is 16.6. The fourth-order valence-corrected chi connectivity index (χ4v) is 8.69. The van der Waals surface area contributed by atoms with Gasteiger partial charge in [0.25, 0.3) is 0 Å². The smallest absolute Gasteiger partial charge is 0.306 e. The first kappa shape index (κ1) is 70.3.